The molecule has 1 aromatic carbocycles. The number of hydrogen-bond donors (Lipinski definition) is 0. The number of rotatable bonds is 6. The Hall–Kier alpha value is -2.08. The van der Waals surface area contributed by atoms with Crippen LogP contribution in [0.1, 0.15) is 13.3 Å². The van der Waals surface area contributed by atoms with Gasteiger partial charge in [0.25, 0.3) is 0 Å². The molecule has 2 aromatic rings. The van der Waals surface area contributed by atoms with E-state index in [4.69, 9.17) is 25.8 Å². The minimum absolute atomic E-state index is 0.00903. The van der Waals surface area contributed by atoms with Crippen LogP contribution in [0.15, 0.2) is 24.3 Å². The lowest BCUT2D eigenvalue weighted by molar-refractivity contribution is 0.316. The molecule has 0 bridgehead atoms. The van der Waals surface area contributed by atoms with Crippen molar-refractivity contribution >= 4 is 11.6 Å². The zero-order valence-electron chi connectivity index (χ0n) is 11.2. The van der Waals surface area contributed by atoms with Gasteiger partial charge in [0.05, 0.1) is 13.7 Å². The van der Waals surface area contributed by atoms with Crippen molar-refractivity contribution in [1.82, 2.24) is 15.0 Å². The van der Waals surface area contributed by atoms with Crippen LogP contribution in [0.25, 0.3) is 0 Å². The van der Waals surface area contributed by atoms with Crippen LogP contribution in [-0.2, 0) is 0 Å². The summed E-state index contributed by atoms with van der Waals surface area (Å²) in [5, 5.41) is 0.00903. The van der Waals surface area contributed by atoms with Crippen molar-refractivity contribution in [3.8, 4) is 23.5 Å². The fourth-order valence-electron chi connectivity index (χ4n) is 1.38. The highest BCUT2D eigenvalue weighted by molar-refractivity contribution is 6.28. The third-order valence-corrected chi connectivity index (χ3v) is 2.42. The summed E-state index contributed by atoms with van der Waals surface area (Å²) >= 11 is 5.74. The first-order valence-electron chi connectivity index (χ1n) is 6.07. The molecule has 0 spiro atoms. The summed E-state index contributed by atoms with van der Waals surface area (Å²) in [7, 11) is 1.44. The lowest BCUT2D eigenvalue weighted by atomic mass is 10.3. The maximum Gasteiger partial charge on any atom is 0.329 e. The molecule has 0 radical (unpaired) electrons. The number of halogens is 1. The van der Waals surface area contributed by atoms with E-state index in [1.807, 2.05) is 12.1 Å². The van der Waals surface area contributed by atoms with Crippen molar-refractivity contribution in [1.29, 1.82) is 0 Å². The molecule has 1 heterocycles. The van der Waals surface area contributed by atoms with Crippen LogP contribution in [0.3, 0.4) is 0 Å². The quantitative estimate of drug-likeness (QED) is 0.816. The molecule has 0 aliphatic carbocycles. The lowest BCUT2D eigenvalue weighted by Crippen LogP contribution is -1.99. The second kappa shape index (κ2) is 6.91. The van der Waals surface area contributed by atoms with E-state index in [1.54, 1.807) is 12.1 Å². The van der Waals surface area contributed by atoms with E-state index in [0.717, 1.165) is 12.2 Å². The van der Waals surface area contributed by atoms with Gasteiger partial charge >= 0.3 is 12.0 Å². The molecule has 0 atom stereocenters. The molecule has 1 aromatic heterocycles. The molecule has 0 fully saturated rings. The minimum Gasteiger partial charge on any atom is -0.494 e. The predicted octanol–water partition coefficient (Wildman–Crippen LogP) is 3.11. The molecule has 2 rings (SSSR count). The smallest absolute Gasteiger partial charge is 0.329 e. The van der Waals surface area contributed by atoms with Gasteiger partial charge in [-0.2, -0.15) is 9.97 Å². The Labute approximate surface area is 121 Å². The number of benzene rings is 1. The number of ether oxygens (including phenoxy) is 3. The Morgan fingerprint density at radius 3 is 2.30 bits per heavy atom. The monoisotopic (exact) mass is 295 g/mol. The predicted molar refractivity (Wildman–Crippen MR) is 73.7 cm³/mol. The average molecular weight is 296 g/mol. The zero-order valence-corrected chi connectivity index (χ0v) is 11.9. The molecule has 0 unspecified atom stereocenters. The van der Waals surface area contributed by atoms with Crippen LogP contribution in [0.5, 0.6) is 23.5 Å². The molecule has 20 heavy (non-hydrogen) atoms. The van der Waals surface area contributed by atoms with Gasteiger partial charge in [0.1, 0.15) is 11.5 Å². The van der Waals surface area contributed by atoms with Crippen molar-refractivity contribution < 1.29 is 14.2 Å². The van der Waals surface area contributed by atoms with Gasteiger partial charge in [-0.1, -0.05) is 6.92 Å². The van der Waals surface area contributed by atoms with E-state index >= 15 is 0 Å². The fourth-order valence-corrected chi connectivity index (χ4v) is 1.53. The molecule has 7 heteroatoms. The average Bonchev–Trinajstić information content (AvgIpc) is 2.46. The van der Waals surface area contributed by atoms with Crippen LogP contribution in [0.2, 0.25) is 5.28 Å². The molecule has 0 N–H and O–H groups in total. The van der Waals surface area contributed by atoms with Gasteiger partial charge in [-0.05, 0) is 42.3 Å². The fraction of sp³-hybridized carbons (Fsp3) is 0.308. The van der Waals surface area contributed by atoms with Crippen molar-refractivity contribution in [2.24, 2.45) is 0 Å². The first kappa shape index (κ1) is 14.3. The summed E-state index contributed by atoms with van der Waals surface area (Å²) in [6.45, 7) is 2.73. The topological polar surface area (TPSA) is 66.4 Å². The Bertz CT molecular complexity index is 563. The Morgan fingerprint density at radius 1 is 1.00 bits per heavy atom. The van der Waals surface area contributed by atoms with Gasteiger partial charge in [-0.25, -0.2) is 0 Å². The standard InChI is InChI=1S/C13H14ClN3O3/c1-3-8-19-9-4-6-10(7-5-9)20-13-16-11(14)15-12(17-13)18-2/h4-7H,3,8H2,1-2H3. The highest BCUT2D eigenvalue weighted by Gasteiger charge is 2.07. The van der Waals surface area contributed by atoms with E-state index < -0.39 is 0 Å². The molecule has 0 aliphatic rings. The summed E-state index contributed by atoms with van der Waals surface area (Å²) in [5.74, 6) is 1.35. The summed E-state index contributed by atoms with van der Waals surface area (Å²) in [6, 6.07) is 7.31. The molecule has 0 amide bonds. The molecular formula is C13H14ClN3O3. The van der Waals surface area contributed by atoms with Gasteiger partial charge in [0.15, 0.2) is 0 Å². The number of methoxy groups -OCH3 is 1. The molecule has 0 saturated heterocycles. The lowest BCUT2D eigenvalue weighted by Gasteiger charge is -2.07. The Morgan fingerprint density at radius 2 is 1.65 bits per heavy atom. The van der Waals surface area contributed by atoms with Crippen LogP contribution in [-0.4, -0.2) is 28.7 Å². The normalized spacial score (nSPS) is 10.2. The molecular weight excluding hydrogens is 282 g/mol. The Balaban J connectivity index is 2.07. The van der Waals surface area contributed by atoms with Crippen molar-refractivity contribution in [3.63, 3.8) is 0 Å². The van der Waals surface area contributed by atoms with Gasteiger partial charge in [0, 0.05) is 0 Å². The summed E-state index contributed by atoms with van der Waals surface area (Å²) in [5.41, 5.74) is 0. The van der Waals surface area contributed by atoms with Gasteiger partial charge in [-0.3, -0.25) is 0 Å². The van der Waals surface area contributed by atoms with E-state index in [-0.39, 0.29) is 17.3 Å². The third-order valence-electron chi connectivity index (χ3n) is 2.26. The van der Waals surface area contributed by atoms with Gasteiger partial charge in [0.2, 0.25) is 5.28 Å². The summed E-state index contributed by atoms with van der Waals surface area (Å²) in [6.07, 6.45) is 0.960. The highest BCUT2D eigenvalue weighted by atomic mass is 35.5. The summed E-state index contributed by atoms with van der Waals surface area (Å²) in [4.78, 5) is 11.6. The Kier molecular flexibility index (Phi) is 4.95. The van der Waals surface area contributed by atoms with Crippen LogP contribution < -0.4 is 14.2 Å². The van der Waals surface area contributed by atoms with Gasteiger partial charge in [-0.15, -0.1) is 4.98 Å². The number of aromatic nitrogens is 3. The third kappa shape index (κ3) is 3.96. The number of hydrogen-bond acceptors (Lipinski definition) is 6. The van der Waals surface area contributed by atoms with Crippen LogP contribution in [0.4, 0.5) is 0 Å². The molecule has 6 nitrogen and oxygen atoms in total. The van der Waals surface area contributed by atoms with Crippen molar-refractivity contribution in [2.75, 3.05) is 13.7 Å². The number of nitrogens with zero attached hydrogens (tertiary/aromatic N) is 3. The van der Waals surface area contributed by atoms with E-state index in [1.165, 1.54) is 7.11 Å². The molecule has 0 aliphatic heterocycles. The van der Waals surface area contributed by atoms with E-state index in [0.29, 0.717) is 12.4 Å². The highest BCUT2D eigenvalue weighted by Crippen LogP contribution is 2.23. The minimum atomic E-state index is 0.00903. The summed E-state index contributed by atoms with van der Waals surface area (Å²) < 4.78 is 15.8. The van der Waals surface area contributed by atoms with Crippen LogP contribution >= 0.6 is 11.6 Å². The largest absolute Gasteiger partial charge is 0.494 e. The first-order valence-corrected chi connectivity index (χ1v) is 6.45. The second-order valence-corrected chi connectivity index (χ2v) is 4.13. The van der Waals surface area contributed by atoms with Gasteiger partial charge < -0.3 is 14.2 Å². The molecule has 0 saturated carbocycles. The zero-order chi connectivity index (χ0) is 14.4. The maximum atomic E-state index is 5.74. The first-order chi connectivity index (χ1) is 9.71. The molecule has 106 valence electrons. The maximum absolute atomic E-state index is 5.74. The van der Waals surface area contributed by atoms with E-state index in [9.17, 15) is 0 Å². The van der Waals surface area contributed by atoms with Crippen LogP contribution in [0, 0.1) is 0 Å². The van der Waals surface area contributed by atoms with Crippen molar-refractivity contribution in [3.05, 3.63) is 29.5 Å². The SMILES string of the molecule is CCCOc1ccc(Oc2nc(Cl)nc(OC)n2)cc1. The van der Waals surface area contributed by atoms with E-state index in [2.05, 4.69) is 21.9 Å². The van der Waals surface area contributed by atoms with Crippen molar-refractivity contribution in [2.45, 2.75) is 13.3 Å². The second-order valence-electron chi connectivity index (χ2n) is 3.80.